The van der Waals surface area contributed by atoms with E-state index in [4.69, 9.17) is 0 Å². The highest BCUT2D eigenvalue weighted by Crippen LogP contribution is 2.16. The third kappa shape index (κ3) is 10.9. The van der Waals surface area contributed by atoms with Gasteiger partial charge in [-0.25, -0.2) is 0 Å². The van der Waals surface area contributed by atoms with Crippen LogP contribution in [0.1, 0.15) is 40.5 Å². The summed E-state index contributed by atoms with van der Waals surface area (Å²) in [5.41, 5.74) is 0.241. The monoisotopic (exact) mass is 214 g/mol. The van der Waals surface area contributed by atoms with Crippen molar-refractivity contribution < 1.29 is 9.59 Å². The van der Waals surface area contributed by atoms with Crippen LogP contribution in [-0.2, 0) is 9.59 Å². The summed E-state index contributed by atoms with van der Waals surface area (Å²) in [5, 5.41) is 5.41. The maximum absolute atomic E-state index is 11.2. The van der Waals surface area contributed by atoms with Crippen molar-refractivity contribution in [3.8, 4) is 0 Å². The molecule has 0 saturated heterocycles. The van der Waals surface area contributed by atoms with Crippen molar-refractivity contribution in [3.63, 3.8) is 0 Å². The van der Waals surface area contributed by atoms with E-state index in [9.17, 15) is 9.59 Å². The fraction of sp³-hybridized carbons (Fsp3) is 0.818. The van der Waals surface area contributed by atoms with Gasteiger partial charge in [-0.2, -0.15) is 0 Å². The summed E-state index contributed by atoms with van der Waals surface area (Å²) in [7, 11) is 0. The Morgan fingerprint density at radius 2 is 1.67 bits per heavy atom. The van der Waals surface area contributed by atoms with Crippen molar-refractivity contribution in [2.24, 2.45) is 5.41 Å². The molecule has 0 atom stereocenters. The number of rotatable bonds is 5. The van der Waals surface area contributed by atoms with Gasteiger partial charge in [-0.05, 0) is 11.8 Å². The fourth-order valence-corrected chi connectivity index (χ4v) is 1.02. The molecular formula is C11H22N2O2. The van der Waals surface area contributed by atoms with Crippen molar-refractivity contribution in [1.29, 1.82) is 0 Å². The zero-order chi connectivity index (χ0) is 11.9. The molecule has 88 valence electrons. The summed E-state index contributed by atoms with van der Waals surface area (Å²) < 4.78 is 0. The molecule has 0 unspecified atom stereocenters. The molecular weight excluding hydrogens is 192 g/mol. The lowest BCUT2D eigenvalue weighted by atomic mass is 9.92. The van der Waals surface area contributed by atoms with Gasteiger partial charge in [0, 0.05) is 26.4 Å². The smallest absolute Gasteiger partial charge is 0.221 e. The molecule has 0 aromatic carbocycles. The summed E-state index contributed by atoms with van der Waals surface area (Å²) in [6.45, 7) is 8.96. The lowest BCUT2D eigenvalue weighted by molar-refractivity contribution is -0.121. The highest BCUT2D eigenvalue weighted by atomic mass is 16.2. The third-order valence-electron chi connectivity index (χ3n) is 1.92. The molecule has 0 rings (SSSR count). The minimum atomic E-state index is -0.0995. The van der Waals surface area contributed by atoms with E-state index in [0.29, 0.717) is 19.5 Å². The number of hydrogen-bond donors (Lipinski definition) is 2. The van der Waals surface area contributed by atoms with Gasteiger partial charge in [0.15, 0.2) is 0 Å². The predicted octanol–water partition coefficient (Wildman–Crippen LogP) is 1.06. The van der Waals surface area contributed by atoms with Crippen molar-refractivity contribution in [3.05, 3.63) is 0 Å². The molecule has 4 heteroatoms. The molecule has 0 aliphatic carbocycles. The van der Waals surface area contributed by atoms with Gasteiger partial charge in [0.2, 0.25) is 11.8 Å². The predicted molar refractivity (Wildman–Crippen MR) is 60.4 cm³/mol. The topological polar surface area (TPSA) is 58.2 Å². The Morgan fingerprint density at radius 1 is 1.07 bits per heavy atom. The SMILES string of the molecule is CC(=O)NCCC(=O)NCCC(C)(C)C. The van der Waals surface area contributed by atoms with Crippen LogP contribution in [0.15, 0.2) is 0 Å². The number of amides is 2. The molecule has 0 aromatic rings. The Hall–Kier alpha value is -1.06. The van der Waals surface area contributed by atoms with Crippen LogP contribution in [0.5, 0.6) is 0 Å². The lowest BCUT2D eigenvalue weighted by Gasteiger charge is -2.17. The largest absolute Gasteiger partial charge is 0.356 e. The molecule has 0 radical (unpaired) electrons. The zero-order valence-electron chi connectivity index (χ0n) is 10.1. The number of nitrogens with one attached hydrogen (secondary N) is 2. The molecule has 0 bridgehead atoms. The minimum Gasteiger partial charge on any atom is -0.356 e. The normalized spacial score (nSPS) is 10.9. The van der Waals surface area contributed by atoms with Crippen molar-refractivity contribution >= 4 is 11.8 Å². The first-order chi connectivity index (χ1) is 6.81. The van der Waals surface area contributed by atoms with Gasteiger partial charge in [-0.15, -0.1) is 0 Å². The molecule has 0 saturated carbocycles. The van der Waals surface area contributed by atoms with Gasteiger partial charge < -0.3 is 10.6 Å². The molecule has 0 aliphatic heterocycles. The van der Waals surface area contributed by atoms with Crippen LogP contribution >= 0.6 is 0 Å². The van der Waals surface area contributed by atoms with E-state index in [2.05, 4.69) is 31.4 Å². The van der Waals surface area contributed by atoms with Gasteiger partial charge in [-0.1, -0.05) is 20.8 Å². The molecule has 0 fully saturated rings. The van der Waals surface area contributed by atoms with E-state index in [0.717, 1.165) is 6.42 Å². The van der Waals surface area contributed by atoms with Crippen LogP contribution in [0.25, 0.3) is 0 Å². The summed E-state index contributed by atoms with van der Waals surface area (Å²) in [6, 6.07) is 0. The van der Waals surface area contributed by atoms with Gasteiger partial charge in [0.25, 0.3) is 0 Å². The Kier molecular flexibility index (Phi) is 5.97. The second kappa shape index (κ2) is 6.43. The highest BCUT2D eigenvalue weighted by Gasteiger charge is 2.10. The first kappa shape index (κ1) is 13.9. The van der Waals surface area contributed by atoms with E-state index in [1.54, 1.807) is 0 Å². The average Bonchev–Trinajstić information content (AvgIpc) is 2.00. The second-order valence-electron chi connectivity index (χ2n) is 4.89. The second-order valence-corrected chi connectivity index (χ2v) is 4.89. The molecule has 2 N–H and O–H groups in total. The third-order valence-corrected chi connectivity index (χ3v) is 1.92. The van der Waals surface area contributed by atoms with Crippen LogP contribution in [0, 0.1) is 5.41 Å². The average molecular weight is 214 g/mol. The molecule has 0 spiro atoms. The van der Waals surface area contributed by atoms with Crippen LogP contribution in [0.4, 0.5) is 0 Å². The standard InChI is InChI=1S/C11H22N2O2/c1-9(14)12-7-5-10(15)13-8-6-11(2,3)4/h5-8H2,1-4H3,(H,12,14)(H,13,15). The molecule has 0 heterocycles. The maximum atomic E-state index is 11.2. The Balaban J connectivity index is 3.46. The summed E-state index contributed by atoms with van der Waals surface area (Å²) in [5.74, 6) is -0.106. The molecule has 4 nitrogen and oxygen atoms in total. The van der Waals surface area contributed by atoms with Crippen LogP contribution in [0.3, 0.4) is 0 Å². The van der Waals surface area contributed by atoms with Crippen LogP contribution in [0.2, 0.25) is 0 Å². The summed E-state index contributed by atoms with van der Waals surface area (Å²) in [4.78, 5) is 21.8. The van der Waals surface area contributed by atoms with E-state index in [1.807, 2.05) is 0 Å². The lowest BCUT2D eigenvalue weighted by Crippen LogP contribution is -2.31. The van der Waals surface area contributed by atoms with Crippen LogP contribution < -0.4 is 10.6 Å². The van der Waals surface area contributed by atoms with Crippen molar-refractivity contribution in [1.82, 2.24) is 10.6 Å². The number of hydrogen-bond acceptors (Lipinski definition) is 2. The van der Waals surface area contributed by atoms with Gasteiger partial charge in [0.1, 0.15) is 0 Å². The Morgan fingerprint density at radius 3 is 2.13 bits per heavy atom. The van der Waals surface area contributed by atoms with Crippen LogP contribution in [-0.4, -0.2) is 24.9 Å². The number of carbonyl (C=O) groups is 2. The van der Waals surface area contributed by atoms with Gasteiger partial charge in [0.05, 0.1) is 0 Å². The van der Waals surface area contributed by atoms with E-state index in [1.165, 1.54) is 6.92 Å². The first-order valence-electron chi connectivity index (χ1n) is 5.32. The van der Waals surface area contributed by atoms with Crippen molar-refractivity contribution in [2.45, 2.75) is 40.5 Å². The minimum absolute atomic E-state index is 0.00648. The summed E-state index contributed by atoms with van der Waals surface area (Å²) in [6.07, 6.45) is 1.31. The van der Waals surface area contributed by atoms with E-state index >= 15 is 0 Å². The molecule has 0 aliphatic rings. The Bertz CT molecular complexity index is 219. The van der Waals surface area contributed by atoms with Crippen molar-refractivity contribution in [2.75, 3.05) is 13.1 Å². The van der Waals surface area contributed by atoms with E-state index in [-0.39, 0.29) is 17.2 Å². The van der Waals surface area contributed by atoms with Gasteiger partial charge >= 0.3 is 0 Å². The van der Waals surface area contributed by atoms with Gasteiger partial charge in [-0.3, -0.25) is 9.59 Å². The number of carbonyl (C=O) groups excluding carboxylic acids is 2. The maximum Gasteiger partial charge on any atom is 0.221 e. The highest BCUT2D eigenvalue weighted by molar-refractivity contribution is 5.77. The molecule has 0 aromatic heterocycles. The quantitative estimate of drug-likeness (QED) is 0.719. The fourth-order valence-electron chi connectivity index (χ4n) is 1.02. The Labute approximate surface area is 91.8 Å². The zero-order valence-corrected chi connectivity index (χ0v) is 10.1. The molecule has 2 amide bonds. The molecule has 15 heavy (non-hydrogen) atoms. The summed E-state index contributed by atoms with van der Waals surface area (Å²) >= 11 is 0. The first-order valence-corrected chi connectivity index (χ1v) is 5.32. The van der Waals surface area contributed by atoms with E-state index < -0.39 is 0 Å².